The Morgan fingerprint density at radius 3 is 2.57 bits per heavy atom. The minimum atomic E-state index is 0.461. The van der Waals surface area contributed by atoms with E-state index in [-0.39, 0.29) is 0 Å². The van der Waals surface area contributed by atoms with Gasteiger partial charge in [-0.1, -0.05) is 0 Å². The van der Waals surface area contributed by atoms with E-state index in [2.05, 4.69) is 44.2 Å². The molecule has 1 aromatic rings. The van der Waals surface area contributed by atoms with E-state index in [0.717, 1.165) is 23.6 Å². The lowest BCUT2D eigenvalue weighted by molar-refractivity contribution is 0.583. The first kappa shape index (κ1) is 10.0. The van der Waals surface area contributed by atoms with Crippen molar-refractivity contribution in [2.24, 2.45) is 0 Å². The third-order valence-corrected chi connectivity index (χ3v) is 3.22. The minimum Gasteiger partial charge on any atom is -0.342 e. The second-order valence-electron chi connectivity index (χ2n) is 4.04. The molecule has 0 aromatic carbocycles. The number of halogens is 1. The Hall–Kier alpha value is -0.510. The number of rotatable bonds is 2. The summed E-state index contributed by atoms with van der Waals surface area (Å²) in [6.07, 6.45) is 4.48. The molecule has 0 aliphatic carbocycles. The molecule has 1 saturated heterocycles. The molecular weight excluding hydrogens is 242 g/mol. The van der Waals surface area contributed by atoms with Gasteiger partial charge in [0.25, 0.3) is 0 Å². The van der Waals surface area contributed by atoms with Crippen molar-refractivity contribution >= 4 is 21.9 Å². The van der Waals surface area contributed by atoms with Crippen LogP contribution in [0.1, 0.15) is 32.7 Å². The van der Waals surface area contributed by atoms with Crippen LogP contribution in [0.25, 0.3) is 0 Å². The zero-order valence-electron chi connectivity index (χ0n) is 8.70. The summed E-state index contributed by atoms with van der Waals surface area (Å²) >= 11 is 3.54. The maximum atomic E-state index is 4.46. The summed E-state index contributed by atoms with van der Waals surface area (Å²) in [5.41, 5.74) is 0. The molecule has 0 radical (unpaired) electrons. The Balaban J connectivity index is 2.32. The van der Waals surface area contributed by atoms with Crippen molar-refractivity contribution < 1.29 is 0 Å². The highest BCUT2D eigenvalue weighted by molar-refractivity contribution is 9.10. The molecule has 4 heteroatoms. The van der Waals surface area contributed by atoms with Gasteiger partial charge in [0.05, 0.1) is 6.20 Å². The van der Waals surface area contributed by atoms with Crippen molar-refractivity contribution in [2.45, 2.75) is 32.7 Å². The molecule has 0 spiro atoms. The van der Waals surface area contributed by atoms with E-state index >= 15 is 0 Å². The van der Waals surface area contributed by atoms with Gasteiger partial charge in [0, 0.05) is 19.1 Å². The molecule has 0 bridgehead atoms. The molecule has 1 fully saturated rings. The summed E-state index contributed by atoms with van der Waals surface area (Å²) < 4.78 is 3.32. The third-order valence-electron chi connectivity index (χ3n) is 2.64. The zero-order chi connectivity index (χ0) is 10.1. The first-order valence-corrected chi connectivity index (χ1v) is 5.97. The fourth-order valence-corrected chi connectivity index (χ4v) is 2.63. The Morgan fingerprint density at radius 1 is 1.36 bits per heavy atom. The Labute approximate surface area is 93.2 Å². The van der Waals surface area contributed by atoms with Crippen LogP contribution in [0.5, 0.6) is 0 Å². The SMILES string of the molecule is CC(C)n1c(Br)cnc1N1CCCC1. The highest BCUT2D eigenvalue weighted by atomic mass is 79.9. The Kier molecular flexibility index (Phi) is 2.81. The molecule has 0 N–H and O–H groups in total. The molecule has 2 heterocycles. The molecule has 0 atom stereocenters. The lowest BCUT2D eigenvalue weighted by Gasteiger charge is -2.20. The smallest absolute Gasteiger partial charge is 0.206 e. The number of nitrogens with zero attached hydrogens (tertiary/aromatic N) is 3. The predicted octanol–water partition coefficient (Wildman–Crippen LogP) is 2.83. The number of imidazole rings is 1. The van der Waals surface area contributed by atoms with Crippen LogP contribution in [0.2, 0.25) is 0 Å². The van der Waals surface area contributed by atoms with Crippen LogP contribution < -0.4 is 4.90 Å². The van der Waals surface area contributed by atoms with E-state index in [1.807, 2.05) is 6.20 Å². The zero-order valence-corrected chi connectivity index (χ0v) is 10.3. The molecule has 1 aliphatic rings. The fraction of sp³-hybridized carbons (Fsp3) is 0.700. The van der Waals surface area contributed by atoms with Gasteiger partial charge < -0.3 is 9.47 Å². The van der Waals surface area contributed by atoms with Gasteiger partial charge in [-0.3, -0.25) is 0 Å². The molecule has 14 heavy (non-hydrogen) atoms. The molecule has 1 aromatic heterocycles. The molecule has 1 aliphatic heterocycles. The van der Waals surface area contributed by atoms with Crippen LogP contribution in [0.15, 0.2) is 10.8 Å². The van der Waals surface area contributed by atoms with Crippen LogP contribution in [-0.2, 0) is 0 Å². The number of aromatic nitrogens is 2. The summed E-state index contributed by atoms with van der Waals surface area (Å²) in [6, 6.07) is 0.461. The summed E-state index contributed by atoms with van der Waals surface area (Å²) in [6.45, 7) is 6.67. The highest BCUT2D eigenvalue weighted by Crippen LogP contribution is 2.26. The summed E-state index contributed by atoms with van der Waals surface area (Å²) in [5, 5.41) is 0. The van der Waals surface area contributed by atoms with Crippen molar-refractivity contribution in [2.75, 3.05) is 18.0 Å². The van der Waals surface area contributed by atoms with Gasteiger partial charge in [0.1, 0.15) is 4.60 Å². The van der Waals surface area contributed by atoms with Crippen molar-refractivity contribution in [3.8, 4) is 0 Å². The topological polar surface area (TPSA) is 21.1 Å². The highest BCUT2D eigenvalue weighted by Gasteiger charge is 2.19. The van der Waals surface area contributed by atoms with Crippen LogP contribution in [-0.4, -0.2) is 22.6 Å². The molecule has 3 nitrogen and oxygen atoms in total. The molecule has 2 rings (SSSR count). The Morgan fingerprint density at radius 2 is 2.00 bits per heavy atom. The van der Waals surface area contributed by atoms with Crippen LogP contribution in [0.4, 0.5) is 5.95 Å². The number of hydrogen-bond donors (Lipinski definition) is 0. The van der Waals surface area contributed by atoms with Gasteiger partial charge in [0.2, 0.25) is 5.95 Å². The van der Waals surface area contributed by atoms with E-state index in [4.69, 9.17) is 0 Å². The average molecular weight is 258 g/mol. The van der Waals surface area contributed by atoms with Crippen LogP contribution >= 0.6 is 15.9 Å². The normalized spacial score (nSPS) is 17.0. The molecular formula is C10H16BrN3. The van der Waals surface area contributed by atoms with Gasteiger partial charge in [-0.25, -0.2) is 4.98 Å². The molecule has 0 amide bonds. The lowest BCUT2D eigenvalue weighted by Crippen LogP contribution is -2.22. The van der Waals surface area contributed by atoms with Gasteiger partial charge in [-0.15, -0.1) is 0 Å². The van der Waals surface area contributed by atoms with Crippen molar-refractivity contribution in [3.63, 3.8) is 0 Å². The van der Waals surface area contributed by atoms with Gasteiger partial charge in [-0.2, -0.15) is 0 Å². The maximum absolute atomic E-state index is 4.46. The standard InChI is InChI=1S/C10H16BrN3/c1-8(2)14-9(11)7-12-10(14)13-5-3-4-6-13/h7-8H,3-6H2,1-2H3. The van der Waals surface area contributed by atoms with E-state index in [0.29, 0.717) is 6.04 Å². The summed E-state index contributed by atoms with van der Waals surface area (Å²) in [7, 11) is 0. The minimum absolute atomic E-state index is 0.461. The van der Waals surface area contributed by atoms with Crippen LogP contribution in [0.3, 0.4) is 0 Å². The second-order valence-corrected chi connectivity index (χ2v) is 4.85. The number of anilines is 1. The first-order valence-electron chi connectivity index (χ1n) is 5.18. The van der Waals surface area contributed by atoms with Gasteiger partial charge in [-0.05, 0) is 42.6 Å². The van der Waals surface area contributed by atoms with E-state index in [9.17, 15) is 0 Å². The van der Waals surface area contributed by atoms with E-state index in [1.165, 1.54) is 12.8 Å². The van der Waals surface area contributed by atoms with Crippen molar-refractivity contribution in [1.29, 1.82) is 0 Å². The maximum Gasteiger partial charge on any atom is 0.206 e. The molecule has 0 unspecified atom stereocenters. The average Bonchev–Trinajstić information content (AvgIpc) is 2.70. The summed E-state index contributed by atoms with van der Waals surface area (Å²) in [4.78, 5) is 6.83. The van der Waals surface area contributed by atoms with E-state index < -0.39 is 0 Å². The summed E-state index contributed by atoms with van der Waals surface area (Å²) in [5.74, 6) is 1.12. The van der Waals surface area contributed by atoms with Crippen molar-refractivity contribution in [3.05, 3.63) is 10.8 Å². The largest absolute Gasteiger partial charge is 0.342 e. The van der Waals surface area contributed by atoms with E-state index in [1.54, 1.807) is 0 Å². The monoisotopic (exact) mass is 257 g/mol. The van der Waals surface area contributed by atoms with Crippen LogP contribution in [0, 0.1) is 0 Å². The fourth-order valence-electron chi connectivity index (χ4n) is 1.96. The second kappa shape index (κ2) is 3.93. The lowest BCUT2D eigenvalue weighted by atomic mass is 10.4. The van der Waals surface area contributed by atoms with Crippen molar-refractivity contribution in [1.82, 2.24) is 9.55 Å². The molecule has 78 valence electrons. The Bertz CT molecular complexity index is 313. The molecule has 0 saturated carbocycles. The third kappa shape index (κ3) is 1.67. The quantitative estimate of drug-likeness (QED) is 0.813. The predicted molar refractivity (Wildman–Crippen MR) is 61.8 cm³/mol. The van der Waals surface area contributed by atoms with Gasteiger partial charge in [0.15, 0.2) is 0 Å². The number of hydrogen-bond acceptors (Lipinski definition) is 2. The van der Waals surface area contributed by atoms with Gasteiger partial charge >= 0.3 is 0 Å². The first-order chi connectivity index (χ1) is 6.70.